The molecule has 0 unspecified atom stereocenters. The molecule has 0 aromatic carbocycles. The second-order valence-corrected chi connectivity index (χ2v) is 5.35. The van der Waals surface area contributed by atoms with E-state index >= 15 is 0 Å². The van der Waals surface area contributed by atoms with Crippen LogP contribution < -0.4 is 5.32 Å². The van der Waals surface area contributed by atoms with Crippen LogP contribution in [0.5, 0.6) is 0 Å². The largest absolute Gasteiger partial charge is 0.331 e. The first-order valence-electron chi connectivity index (χ1n) is 5.98. The molecule has 4 amide bonds. The Balaban J connectivity index is 2.30. The Morgan fingerprint density at radius 1 is 1.28 bits per heavy atom. The first-order valence-corrected chi connectivity index (χ1v) is 6.36. The van der Waals surface area contributed by atoms with E-state index in [2.05, 4.69) is 11.9 Å². The summed E-state index contributed by atoms with van der Waals surface area (Å²) in [6.07, 6.45) is 3.65. The zero-order valence-electron chi connectivity index (χ0n) is 10.00. The topological polar surface area (TPSA) is 66.5 Å². The maximum absolute atomic E-state index is 12.4. The minimum absolute atomic E-state index is 0.0543. The van der Waals surface area contributed by atoms with Crippen LogP contribution in [0.15, 0.2) is 11.6 Å². The number of nitrogens with zero attached hydrogens (tertiary/aromatic N) is 1. The lowest BCUT2D eigenvalue weighted by atomic mass is 9.71. The minimum atomic E-state index is -1.07. The number of hydrogen-bond acceptors (Lipinski definition) is 3. The van der Waals surface area contributed by atoms with E-state index in [4.69, 9.17) is 11.6 Å². The molecule has 1 aliphatic carbocycles. The standard InChI is InChI=1S/C12H15ClN2O3/c1-8(13)7-15-10(17)12(5-3-2-4-6-12)9(16)14-11(15)18/h1-7H2,(H,14,16,18). The SMILES string of the molecule is C=C(Cl)CN1C(=O)NC(=O)C2(CCCCC2)C1=O. The van der Waals surface area contributed by atoms with E-state index in [1.54, 1.807) is 0 Å². The molecule has 0 aromatic rings. The summed E-state index contributed by atoms with van der Waals surface area (Å²) < 4.78 is 0. The number of imide groups is 2. The van der Waals surface area contributed by atoms with Crippen molar-refractivity contribution in [3.05, 3.63) is 11.6 Å². The fourth-order valence-electron chi connectivity index (χ4n) is 2.64. The number of nitrogens with one attached hydrogen (secondary N) is 1. The van der Waals surface area contributed by atoms with Crippen molar-refractivity contribution in [2.75, 3.05) is 6.54 Å². The van der Waals surface area contributed by atoms with Crippen molar-refractivity contribution in [1.82, 2.24) is 10.2 Å². The monoisotopic (exact) mass is 270 g/mol. The molecule has 1 aliphatic heterocycles. The molecule has 2 rings (SSSR count). The lowest BCUT2D eigenvalue weighted by molar-refractivity contribution is -0.153. The number of halogens is 1. The molecule has 1 spiro atoms. The molecule has 0 atom stereocenters. The Kier molecular flexibility index (Phi) is 3.43. The van der Waals surface area contributed by atoms with E-state index in [-0.39, 0.29) is 11.6 Å². The molecule has 1 saturated carbocycles. The van der Waals surface area contributed by atoms with Gasteiger partial charge in [-0.05, 0) is 12.8 Å². The van der Waals surface area contributed by atoms with E-state index in [0.29, 0.717) is 12.8 Å². The van der Waals surface area contributed by atoms with Crippen LogP contribution in [-0.4, -0.2) is 29.3 Å². The summed E-state index contributed by atoms with van der Waals surface area (Å²) in [5, 5.41) is 2.45. The van der Waals surface area contributed by atoms with Crippen molar-refractivity contribution in [2.24, 2.45) is 5.41 Å². The van der Waals surface area contributed by atoms with Gasteiger partial charge in [-0.25, -0.2) is 4.79 Å². The van der Waals surface area contributed by atoms with Crippen LogP contribution >= 0.6 is 11.6 Å². The van der Waals surface area contributed by atoms with Crippen LogP contribution in [0, 0.1) is 5.41 Å². The third-order valence-corrected chi connectivity index (χ3v) is 3.71. The zero-order chi connectivity index (χ0) is 13.3. The van der Waals surface area contributed by atoms with E-state index in [1.165, 1.54) is 0 Å². The molecule has 0 aromatic heterocycles. The van der Waals surface area contributed by atoms with Crippen LogP contribution in [0.4, 0.5) is 4.79 Å². The highest BCUT2D eigenvalue weighted by Gasteiger charge is 2.53. The Morgan fingerprint density at radius 3 is 2.44 bits per heavy atom. The Hall–Kier alpha value is -1.36. The van der Waals surface area contributed by atoms with E-state index in [0.717, 1.165) is 24.2 Å². The van der Waals surface area contributed by atoms with Crippen molar-refractivity contribution >= 4 is 29.4 Å². The summed E-state index contributed by atoms with van der Waals surface area (Å²) in [6, 6.07) is -0.706. The van der Waals surface area contributed by atoms with E-state index in [1.807, 2.05) is 0 Å². The number of amides is 4. The van der Waals surface area contributed by atoms with Crippen molar-refractivity contribution in [3.8, 4) is 0 Å². The van der Waals surface area contributed by atoms with Crippen LogP contribution in [-0.2, 0) is 9.59 Å². The average molecular weight is 271 g/mol. The number of urea groups is 1. The minimum Gasteiger partial charge on any atom is -0.277 e. The van der Waals surface area contributed by atoms with Gasteiger partial charge in [0.05, 0.1) is 6.54 Å². The number of carbonyl (C=O) groups excluding carboxylic acids is 3. The molecule has 0 bridgehead atoms. The van der Waals surface area contributed by atoms with Gasteiger partial charge >= 0.3 is 6.03 Å². The quantitative estimate of drug-likeness (QED) is 0.778. The molecular weight excluding hydrogens is 256 g/mol. The van der Waals surface area contributed by atoms with Gasteiger partial charge in [-0.2, -0.15) is 0 Å². The van der Waals surface area contributed by atoms with Gasteiger partial charge in [0.1, 0.15) is 5.41 Å². The second kappa shape index (κ2) is 4.72. The van der Waals surface area contributed by atoms with Crippen molar-refractivity contribution in [3.63, 3.8) is 0 Å². The zero-order valence-corrected chi connectivity index (χ0v) is 10.8. The molecule has 1 saturated heterocycles. The smallest absolute Gasteiger partial charge is 0.277 e. The van der Waals surface area contributed by atoms with Gasteiger partial charge < -0.3 is 0 Å². The first kappa shape index (κ1) is 13.1. The number of carbonyl (C=O) groups is 3. The molecule has 98 valence electrons. The number of rotatable bonds is 2. The molecule has 1 N–H and O–H groups in total. The lowest BCUT2D eigenvalue weighted by Crippen LogP contribution is -2.64. The predicted octanol–water partition coefficient (Wildman–Crippen LogP) is 1.77. The van der Waals surface area contributed by atoms with Gasteiger partial charge in [-0.15, -0.1) is 0 Å². The molecule has 5 nitrogen and oxygen atoms in total. The van der Waals surface area contributed by atoms with Gasteiger partial charge in [0.2, 0.25) is 11.8 Å². The molecule has 1 heterocycles. The van der Waals surface area contributed by atoms with Crippen molar-refractivity contribution < 1.29 is 14.4 Å². The van der Waals surface area contributed by atoms with E-state index < -0.39 is 23.3 Å². The van der Waals surface area contributed by atoms with Crippen LogP contribution in [0.3, 0.4) is 0 Å². The maximum Gasteiger partial charge on any atom is 0.331 e. The Morgan fingerprint density at radius 2 is 1.89 bits per heavy atom. The third kappa shape index (κ3) is 2.03. The predicted molar refractivity (Wildman–Crippen MR) is 65.8 cm³/mol. The Bertz CT molecular complexity index is 427. The first-order chi connectivity index (χ1) is 8.47. The highest BCUT2D eigenvalue weighted by atomic mass is 35.5. The number of barbiturate groups is 1. The lowest BCUT2D eigenvalue weighted by Gasteiger charge is -2.41. The van der Waals surface area contributed by atoms with Gasteiger partial charge in [0.15, 0.2) is 0 Å². The summed E-state index contributed by atoms with van der Waals surface area (Å²) in [7, 11) is 0. The highest BCUT2D eigenvalue weighted by molar-refractivity contribution is 6.30. The summed E-state index contributed by atoms with van der Waals surface area (Å²) in [4.78, 5) is 37.0. The normalized spacial score (nSPS) is 23.2. The molecule has 2 aliphatic rings. The second-order valence-electron chi connectivity index (χ2n) is 4.81. The average Bonchev–Trinajstić information content (AvgIpc) is 2.34. The third-order valence-electron chi connectivity index (χ3n) is 3.59. The molecule has 18 heavy (non-hydrogen) atoms. The number of hydrogen-bond donors (Lipinski definition) is 1. The summed E-state index contributed by atoms with van der Waals surface area (Å²) >= 11 is 5.65. The van der Waals surface area contributed by atoms with Crippen molar-refractivity contribution in [1.29, 1.82) is 0 Å². The van der Waals surface area contributed by atoms with Gasteiger partial charge in [-0.1, -0.05) is 37.4 Å². The van der Waals surface area contributed by atoms with Crippen LogP contribution in [0.1, 0.15) is 32.1 Å². The highest BCUT2D eigenvalue weighted by Crippen LogP contribution is 2.40. The molecule has 0 radical (unpaired) electrons. The van der Waals surface area contributed by atoms with Crippen molar-refractivity contribution in [2.45, 2.75) is 32.1 Å². The summed E-state index contributed by atoms with van der Waals surface area (Å²) in [6.45, 7) is 3.42. The fourth-order valence-corrected chi connectivity index (χ4v) is 2.76. The molecular formula is C12H15ClN2O3. The molecule has 6 heteroatoms. The molecule has 2 fully saturated rings. The van der Waals surface area contributed by atoms with Gasteiger partial charge in [0.25, 0.3) is 0 Å². The van der Waals surface area contributed by atoms with E-state index in [9.17, 15) is 14.4 Å². The maximum atomic E-state index is 12.4. The van der Waals surface area contributed by atoms with Crippen LogP contribution in [0.25, 0.3) is 0 Å². The summed E-state index contributed by atoms with van der Waals surface area (Å²) in [5.74, 6) is -0.897. The summed E-state index contributed by atoms with van der Waals surface area (Å²) in [5.41, 5.74) is -1.07. The Labute approximate surface area is 110 Å². The van der Waals surface area contributed by atoms with Gasteiger partial charge in [-0.3, -0.25) is 19.8 Å². The van der Waals surface area contributed by atoms with Gasteiger partial charge in [0, 0.05) is 5.03 Å². The van der Waals surface area contributed by atoms with Crippen LogP contribution in [0.2, 0.25) is 0 Å². The fraction of sp³-hybridized carbons (Fsp3) is 0.583.